The van der Waals surface area contributed by atoms with Gasteiger partial charge in [0.25, 0.3) is 15.9 Å². The number of hydrogen-bond acceptors (Lipinski definition) is 5. The van der Waals surface area contributed by atoms with E-state index in [0.29, 0.717) is 16.5 Å². The first-order valence-electron chi connectivity index (χ1n) is 10.00. The summed E-state index contributed by atoms with van der Waals surface area (Å²) in [6, 6.07) is 12.3. The lowest BCUT2D eigenvalue weighted by Crippen LogP contribution is -2.25. The molecule has 0 radical (unpaired) electrons. The van der Waals surface area contributed by atoms with Crippen molar-refractivity contribution >= 4 is 33.2 Å². The summed E-state index contributed by atoms with van der Waals surface area (Å²) in [5.74, 6) is 1.27. The maximum absolute atomic E-state index is 12.7. The standard InChI is InChI=1S/C21H22ClN5O3S/c22-16-7-5-8-17(13-16)26-31(29,30)18-9-4-6-15(12-18)21(28)23-14-20-25-24-19-10-2-1-3-11-27(19)20/h4-9,12-13,26H,1-3,10-11,14H2,(H,23,28). The van der Waals surface area contributed by atoms with E-state index < -0.39 is 10.0 Å². The van der Waals surface area contributed by atoms with E-state index in [1.165, 1.54) is 24.3 Å². The lowest BCUT2D eigenvalue weighted by atomic mass is 10.2. The summed E-state index contributed by atoms with van der Waals surface area (Å²) in [6.07, 6.45) is 4.20. The largest absolute Gasteiger partial charge is 0.345 e. The summed E-state index contributed by atoms with van der Waals surface area (Å²) >= 11 is 5.92. The highest BCUT2D eigenvalue weighted by Crippen LogP contribution is 2.20. The fourth-order valence-electron chi connectivity index (χ4n) is 3.51. The summed E-state index contributed by atoms with van der Waals surface area (Å²) in [6.45, 7) is 1.07. The third kappa shape index (κ3) is 5.05. The fourth-order valence-corrected chi connectivity index (χ4v) is 4.79. The van der Waals surface area contributed by atoms with E-state index in [1.807, 2.05) is 0 Å². The van der Waals surface area contributed by atoms with Crippen LogP contribution >= 0.6 is 11.6 Å². The first-order chi connectivity index (χ1) is 14.9. The van der Waals surface area contributed by atoms with Crippen LogP contribution in [0.5, 0.6) is 0 Å². The molecule has 4 rings (SSSR count). The first kappa shape index (κ1) is 21.3. The number of aromatic nitrogens is 3. The Kier molecular flexibility index (Phi) is 6.24. The molecule has 8 nitrogen and oxygen atoms in total. The number of fused-ring (bicyclic) bond motifs is 1. The molecule has 0 atom stereocenters. The van der Waals surface area contributed by atoms with E-state index in [9.17, 15) is 13.2 Å². The number of carbonyl (C=O) groups excluding carboxylic acids is 1. The Bertz CT molecular complexity index is 1210. The molecule has 0 spiro atoms. The van der Waals surface area contributed by atoms with Gasteiger partial charge in [0.2, 0.25) is 0 Å². The molecule has 162 valence electrons. The second-order valence-corrected chi connectivity index (χ2v) is 9.44. The van der Waals surface area contributed by atoms with Crippen LogP contribution < -0.4 is 10.0 Å². The third-order valence-electron chi connectivity index (χ3n) is 5.08. The molecular weight excluding hydrogens is 438 g/mol. The molecule has 0 unspecified atom stereocenters. The zero-order valence-electron chi connectivity index (χ0n) is 16.7. The van der Waals surface area contributed by atoms with Crippen molar-refractivity contribution in [2.24, 2.45) is 0 Å². The van der Waals surface area contributed by atoms with E-state index in [-0.39, 0.29) is 22.9 Å². The Morgan fingerprint density at radius 3 is 2.74 bits per heavy atom. The van der Waals surface area contributed by atoms with Gasteiger partial charge in [0, 0.05) is 23.6 Å². The van der Waals surface area contributed by atoms with Crippen molar-refractivity contribution in [3.8, 4) is 0 Å². The number of aryl methyl sites for hydroxylation is 1. The number of nitrogens with one attached hydrogen (secondary N) is 2. The summed E-state index contributed by atoms with van der Waals surface area (Å²) < 4.78 is 30.0. The van der Waals surface area contributed by atoms with Crippen LogP contribution in [0.3, 0.4) is 0 Å². The number of hydrogen-bond donors (Lipinski definition) is 2. The fraction of sp³-hybridized carbons (Fsp3) is 0.286. The van der Waals surface area contributed by atoms with Crippen molar-refractivity contribution in [3.05, 3.63) is 70.8 Å². The Morgan fingerprint density at radius 1 is 1.06 bits per heavy atom. The average molecular weight is 460 g/mol. The molecule has 1 aliphatic heterocycles. The van der Waals surface area contributed by atoms with Gasteiger partial charge in [0.1, 0.15) is 5.82 Å². The second-order valence-electron chi connectivity index (χ2n) is 7.32. The minimum Gasteiger partial charge on any atom is -0.345 e. The van der Waals surface area contributed by atoms with E-state index in [1.54, 1.807) is 24.3 Å². The van der Waals surface area contributed by atoms with Crippen molar-refractivity contribution in [2.75, 3.05) is 4.72 Å². The molecule has 0 aliphatic carbocycles. The Morgan fingerprint density at radius 2 is 1.90 bits per heavy atom. The van der Waals surface area contributed by atoms with Gasteiger partial charge in [0.05, 0.1) is 17.1 Å². The predicted molar refractivity (Wildman–Crippen MR) is 117 cm³/mol. The molecule has 0 saturated carbocycles. The molecule has 0 saturated heterocycles. The van der Waals surface area contributed by atoms with Gasteiger partial charge in [-0.1, -0.05) is 30.2 Å². The molecule has 0 fully saturated rings. The number of sulfonamides is 1. The van der Waals surface area contributed by atoms with Crippen molar-refractivity contribution in [2.45, 2.75) is 43.7 Å². The Balaban J connectivity index is 1.46. The first-order valence-corrected chi connectivity index (χ1v) is 11.9. The van der Waals surface area contributed by atoms with Crippen LogP contribution in [-0.4, -0.2) is 29.1 Å². The quantitative estimate of drug-likeness (QED) is 0.587. The van der Waals surface area contributed by atoms with Crippen molar-refractivity contribution < 1.29 is 13.2 Å². The second kappa shape index (κ2) is 9.07. The van der Waals surface area contributed by atoms with Crippen molar-refractivity contribution in [1.82, 2.24) is 20.1 Å². The molecule has 2 aromatic carbocycles. The zero-order chi connectivity index (χ0) is 21.8. The molecule has 2 heterocycles. The molecule has 31 heavy (non-hydrogen) atoms. The lowest BCUT2D eigenvalue weighted by molar-refractivity contribution is 0.0949. The van der Waals surface area contributed by atoms with Crippen LogP contribution in [0.1, 0.15) is 41.3 Å². The van der Waals surface area contributed by atoms with Gasteiger partial charge < -0.3 is 9.88 Å². The van der Waals surface area contributed by atoms with E-state index in [2.05, 4.69) is 24.8 Å². The van der Waals surface area contributed by atoms with Gasteiger partial charge >= 0.3 is 0 Å². The summed E-state index contributed by atoms with van der Waals surface area (Å²) in [4.78, 5) is 12.6. The molecule has 2 N–H and O–H groups in total. The lowest BCUT2D eigenvalue weighted by Gasteiger charge is -2.11. The average Bonchev–Trinajstić information content (AvgIpc) is 2.97. The third-order valence-corrected chi connectivity index (χ3v) is 6.69. The zero-order valence-corrected chi connectivity index (χ0v) is 18.3. The highest BCUT2D eigenvalue weighted by Gasteiger charge is 2.18. The normalized spacial score (nSPS) is 13.8. The van der Waals surface area contributed by atoms with Crippen LogP contribution in [0.4, 0.5) is 5.69 Å². The number of nitrogens with zero attached hydrogens (tertiary/aromatic N) is 3. The van der Waals surface area contributed by atoms with Crippen LogP contribution in [0.25, 0.3) is 0 Å². The number of benzene rings is 2. The van der Waals surface area contributed by atoms with Gasteiger partial charge in [-0.2, -0.15) is 0 Å². The van der Waals surface area contributed by atoms with E-state index in [4.69, 9.17) is 11.6 Å². The monoisotopic (exact) mass is 459 g/mol. The summed E-state index contributed by atoms with van der Waals surface area (Å²) in [5, 5.41) is 11.7. The molecule has 1 aliphatic rings. The van der Waals surface area contributed by atoms with E-state index in [0.717, 1.165) is 38.1 Å². The Hall–Kier alpha value is -2.91. The molecule has 1 aromatic heterocycles. The number of carbonyl (C=O) groups is 1. The summed E-state index contributed by atoms with van der Waals surface area (Å²) in [5.41, 5.74) is 0.583. The number of anilines is 1. The highest BCUT2D eigenvalue weighted by atomic mass is 35.5. The minimum atomic E-state index is -3.88. The van der Waals surface area contributed by atoms with Gasteiger partial charge in [-0.25, -0.2) is 8.42 Å². The topological polar surface area (TPSA) is 106 Å². The Labute approximate surface area is 185 Å². The number of halogens is 1. The molecule has 3 aromatic rings. The molecule has 0 bridgehead atoms. The molecule has 10 heteroatoms. The van der Waals surface area contributed by atoms with Gasteiger partial charge in [0.15, 0.2) is 5.82 Å². The molecule has 1 amide bonds. The minimum absolute atomic E-state index is 0.0172. The predicted octanol–water partition coefficient (Wildman–Crippen LogP) is 3.39. The van der Waals surface area contributed by atoms with Crippen molar-refractivity contribution in [1.29, 1.82) is 0 Å². The van der Waals surface area contributed by atoms with E-state index >= 15 is 0 Å². The molecular formula is C21H22ClN5O3S. The highest BCUT2D eigenvalue weighted by molar-refractivity contribution is 7.92. The van der Waals surface area contributed by atoms with Crippen LogP contribution in [-0.2, 0) is 29.5 Å². The van der Waals surface area contributed by atoms with Crippen LogP contribution in [0.2, 0.25) is 5.02 Å². The summed E-state index contributed by atoms with van der Waals surface area (Å²) in [7, 11) is -3.88. The maximum Gasteiger partial charge on any atom is 0.261 e. The number of amides is 1. The van der Waals surface area contributed by atoms with Gasteiger partial charge in [-0.3, -0.25) is 9.52 Å². The SMILES string of the molecule is O=C(NCc1nnc2n1CCCCC2)c1cccc(S(=O)(=O)Nc2cccc(Cl)c2)c1. The van der Waals surface area contributed by atoms with Crippen LogP contribution in [0.15, 0.2) is 53.4 Å². The maximum atomic E-state index is 12.7. The van der Waals surface area contributed by atoms with Gasteiger partial charge in [-0.15, -0.1) is 10.2 Å². The number of rotatable bonds is 6. The van der Waals surface area contributed by atoms with Gasteiger partial charge in [-0.05, 0) is 49.2 Å². The smallest absolute Gasteiger partial charge is 0.261 e. The van der Waals surface area contributed by atoms with Crippen molar-refractivity contribution in [3.63, 3.8) is 0 Å². The van der Waals surface area contributed by atoms with Crippen LogP contribution in [0, 0.1) is 0 Å².